The number of thioether (sulfide) groups is 1. The fraction of sp³-hybridized carbons (Fsp3) is 0.238. The zero-order valence-corrected chi connectivity index (χ0v) is 17.8. The highest BCUT2D eigenvalue weighted by Gasteiger charge is 2.28. The van der Waals surface area contributed by atoms with E-state index in [-0.39, 0.29) is 11.6 Å². The quantitative estimate of drug-likeness (QED) is 0.399. The summed E-state index contributed by atoms with van der Waals surface area (Å²) in [6.45, 7) is 5.08. The van der Waals surface area contributed by atoms with Gasteiger partial charge in [0.2, 0.25) is 0 Å². The molecule has 2 aromatic rings. The van der Waals surface area contributed by atoms with Gasteiger partial charge in [0.15, 0.2) is 5.17 Å². The third-order valence-corrected chi connectivity index (χ3v) is 6.51. The summed E-state index contributed by atoms with van der Waals surface area (Å²) < 4.78 is 0. The third-order valence-electron chi connectivity index (χ3n) is 5.06. The van der Waals surface area contributed by atoms with Crippen molar-refractivity contribution in [3.63, 3.8) is 0 Å². The fourth-order valence-corrected chi connectivity index (χ4v) is 4.49. The van der Waals surface area contributed by atoms with E-state index in [2.05, 4.69) is 20.9 Å². The van der Waals surface area contributed by atoms with Crippen LogP contribution in [-0.2, 0) is 4.79 Å². The lowest BCUT2D eigenvalue weighted by Gasteiger charge is -2.36. The van der Waals surface area contributed by atoms with Crippen molar-refractivity contribution in [1.29, 1.82) is 0 Å². The average molecular weight is 443 g/mol. The largest absolute Gasteiger partial charge is 0.368 e. The predicted molar refractivity (Wildman–Crippen MR) is 121 cm³/mol. The number of carbonyl (C=O) groups excluding carboxylic acids is 1. The first kappa shape index (κ1) is 20.4. The number of halogens is 1. The second-order valence-electron chi connectivity index (χ2n) is 7.07. The van der Waals surface area contributed by atoms with Gasteiger partial charge in [0.25, 0.3) is 11.6 Å². The molecule has 0 spiro atoms. The molecule has 0 atom stereocenters. The van der Waals surface area contributed by atoms with Crippen LogP contribution in [0, 0.1) is 17.0 Å². The Morgan fingerprint density at radius 2 is 1.87 bits per heavy atom. The first-order valence-electron chi connectivity index (χ1n) is 9.44. The molecule has 1 fully saturated rings. The summed E-state index contributed by atoms with van der Waals surface area (Å²) in [6, 6.07) is 12.3. The Kier molecular flexibility index (Phi) is 5.78. The van der Waals surface area contributed by atoms with Crippen LogP contribution in [-0.4, -0.2) is 47.1 Å². The van der Waals surface area contributed by atoms with Crippen LogP contribution in [0.3, 0.4) is 0 Å². The zero-order chi connectivity index (χ0) is 21.3. The molecule has 1 amide bonds. The lowest BCUT2D eigenvalue weighted by molar-refractivity contribution is -0.384. The number of aliphatic imine (C=N–C) groups is 1. The van der Waals surface area contributed by atoms with Crippen molar-refractivity contribution in [3.8, 4) is 0 Å². The number of aryl methyl sites for hydroxylation is 1. The molecule has 2 aromatic carbocycles. The molecule has 0 N–H and O–H groups in total. The molecule has 0 radical (unpaired) electrons. The second-order valence-corrected chi connectivity index (χ2v) is 8.49. The van der Waals surface area contributed by atoms with Crippen molar-refractivity contribution in [3.05, 3.63) is 73.6 Å². The van der Waals surface area contributed by atoms with E-state index in [9.17, 15) is 14.9 Å². The number of nitrogens with zero attached hydrogens (tertiary/aromatic N) is 4. The van der Waals surface area contributed by atoms with Gasteiger partial charge in [0.05, 0.1) is 9.83 Å². The molecule has 30 heavy (non-hydrogen) atoms. The topological polar surface area (TPSA) is 79.0 Å². The first-order valence-corrected chi connectivity index (χ1v) is 10.6. The minimum atomic E-state index is -0.450. The second kappa shape index (κ2) is 8.49. The van der Waals surface area contributed by atoms with Crippen molar-refractivity contribution in [2.75, 3.05) is 31.1 Å². The van der Waals surface area contributed by atoms with Crippen LogP contribution < -0.4 is 4.90 Å². The monoisotopic (exact) mass is 442 g/mol. The molecule has 0 bridgehead atoms. The Labute approximate surface area is 183 Å². The Bertz CT molecular complexity index is 1080. The van der Waals surface area contributed by atoms with Crippen molar-refractivity contribution >= 4 is 51.9 Å². The number of benzene rings is 2. The van der Waals surface area contributed by atoms with Crippen LogP contribution in [0.5, 0.6) is 0 Å². The maximum absolute atomic E-state index is 12.3. The lowest BCUT2D eigenvalue weighted by atomic mass is 10.2. The number of amides is 1. The molecule has 4 rings (SSSR count). The summed E-state index contributed by atoms with van der Waals surface area (Å²) in [4.78, 5) is 31.9. The van der Waals surface area contributed by atoms with Crippen LogP contribution in [0.1, 0.15) is 11.1 Å². The molecule has 154 valence electrons. The van der Waals surface area contributed by atoms with Crippen molar-refractivity contribution in [2.24, 2.45) is 4.99 Å². The van der Waals surface area contributed by atoms with E-state index in [4.69, 9.17) is 11.6 Å². The van der Waals surface area contributed by atoms with E-state index < -0.39 is 4.92 Å². The van der Waals surface area contributed by atoms with Gasteiger partial charge in [-0.2, -0.15) is 4.99 Å². The van der Waals surface area contributed by atoms with Gasteiger partial charge in [0.1, 0.15) is 0 Å². The number of non-ortho nitro benzene ring substituents is 1. The summed E-state index contributed by atoms with van der Waals surface area (Å²) >= 11 is 7.56. The highest BCUT2D eigenvalue weighted by molar-refractivity contribution is 8.18. The highest BCUT2D eigenvalue weighted by atomic mass is 35.5. The first-order chi connectivity index (χ1) is 14.4. The van der Waals surface area contributed by atoms with Gasteiger partial charge in [-0.3, -0.25) is 14.9 Å². The van der Waals surface area contributed by atoms with Crippen LogP contribution in [0.2, 0.25) is 5.02 Å². The summed E-state index contributed by atoms with van der Waals surface area (Å²) in [6.07, 6.45) is 1.65. The maximum atomic E-state index is 12.3. The molecule has 7 nitrogen and oxygen atoms in total. The van der Waals surface area contributed by atoms with E-state index in [0.717, 1.165) is 42.5 Å². The highest BCUT2D eigenvalue weighted by Crippen LogP contribution is 2.32. The van der Waals surface area contributed by atoms with Gasteiger partial charge in [0, 0.05) is 49.0 Å². The number of hydrogen-bond donors (Lipinski definition) is 0. The van der Waals surface area contributed by atoms with Gasteiger partial charge >= 0.3 is 0 Å². The van der Waals surface area contributed by atoms with Gasteiger partial charge in [-0.1, -0.05) is 29.8 Å². The summed E-state index contributed by atoms with van der Waals surface area (Å²) in [5.41, 5.74) is 2.75. The lowest BCUT2D eigenvalue weighted by Crippen LogP contribution is -2.47. The van der Waals surface area contributed by atoms with E-state index in [1.54, 1.807) is 18.2 Å². The smallest absolute Gasteiger partial charge is 0.286 e. The Hall–Kier alpha value is -2.84. The van der Waals surface area contributed by atoms with Crippen LogP contribution in [0.25, 0.3) is 6.08 Å². The third kappa shape index (κ3) is 4.34. The predicted octanol–water partition coefficient (Wildman–Crippen LogP) is 4.35. The average Bonchev–Trinajstić information content (AvgIpc) is 3.10. The zero-order valence-electron chi connectivity index (χ0n) is 16.2. The SMILES string of the molecule is Cc1ccc(N2CCN(C3=NC(=O)C(=Cc4cccc([N+](=O)[O-])c4)S3)CC2)cc1Cl. The van der Waals surface area contributed by atoms with Crippen LogP contribution in [0.4, 0.5) is 11.4 Å². The molecule has 0 unspecified atom stereocenters. The van der Waals surface area contributed by atoms with Crippen molar-refractivity contribution in [2.45, 2.75) is 6.92 Å². The normalized spacial score (nSPS) is 18.1. The van der Waals surface area contributed by atoms with E-state index >= 15 is 0 Å². The number of nitro benzene ring substituents is 1. The minimum absolute atomic E-state index is 0.00623. The summed E-state index contributed by atoms with van der Waals surface area (Å²) in [7, 11) is 0. The van der Waals surface area contributed by atoms with E-state index in [0.29, 0.717) is 15.6 Å². The molecule has 0 aromatic heterocycles. The Balaban J connectivity index is 1.41. The van der Waals surface area contributed by atoms with Crippen LogP contribution in [0.15, 0.2) is 52.4 Å². The number of carbonyl (C=O) groups is 1. The Morgan fingerprint density at radius 1 is 1.13 bits per heavy atom. The number of rotatable bonds is 3. The van der Waals surface area contributed by atoms with Gasteiger partial charge in [-0.05, 0) is 48.0 Å². The van der Waals surface area contributed by atoms with Crippen molar-refractivity contribution in [1.82, 2.24) is 4.90 Å². The van der Waals surface area contributed by atoms with Gasteiger partial charge in [-0.15, -0.1) is 0 Å². The molecule has 2 aliphatic heterocycles. The number of hydrogen-bond acceptors (Lipinski definition) is 6. The molecule has 0 aliphatic carbocycles. The number of nitro groups is 1. The molecule has 0 saturated carbocycles. The maximum Gasteiger partial charge on any atom is 0.286 e. The number of anilines is 1. The fourth-order valence-electron chi connectivity index (χ4n) is 3.35. The number of amidine groups is 1. The van der Waals surface area contributed by atoms with E-state index in [1.807, 2.05) is 19.1 Å². The van der Waals surface area contributed by atoms with Crippen LogP contribution >= 0.6 is 23.4 Å². The van der Waals surface area contributed by atoms with Gasteiger partial charge < -0.3 is 9.80 Å². The van der Waals surface area contributed by atoms with Gasteiger partial charge in [-0.25, -0.2) is 0 Å². The molecule has 2 heterocycles. The number of piperazine rings is 1. The molecule has 9 heteroatoms. The summed E-state index contributed by atoms with van der Waals surface area (Å²) in [5, 5.41) is 12.4. The molecule has 1 saturated heterocycles. The molecular weight excluding hydrogens is 424 g/mol. The standard InChI is InChI=1S/C21H19ClN4O3S/c1-14-5-6-16(13-18(14)22)24-7-9-25(10-8-24)21-23-20(27)19(30-21)12-15-3-2-4-17(11-15)26(28)29/h2-6,11-13H,7-10H2,1H3. The summed E-state index contributed by atoms with van der Waals surface area (Å²) in [5.74, 6) is -0.311. The van der Waals surface area contributed by atoms with E-state index in [1.165, 1.54) is 23.9 Å². The minimum Gasteiger partial charge on any atom is -0.368 e. The molecular formula is C21H19ClN4O3S. The molecule has 2 aliphatic rings. The Morgan fingerprint density at radius 3 is 2.57 bits per heavy atom. The van der Waals surface area contributed by atoms with Crippen molar-refractivity contribution < 1.29 is 9.72 Å².